The molecule has 0 unspecified atom stereocenters. The van der Waals surface area contributed by atoms with Gasteiger partial charge in [-0.2, -0.15) is 10.4 Å². The number of fused-ring (bicyclic) bond motifs is 1. The Bertz CT molecular complexity index is 776. The molecule has 2 N–H and O–H groups in total. The Labute approximate surface area is 116 Å². The maximum atomic E-state index is 8.92. The van der Waals surface area contributed by atoms with Crippen molar-refractivity contribution in [2.24, 2.45) is 0 Å². The molecule has 0 atom stereocenters. The van der Waals surface area contributed by atoms with E-state index >= 15 is 0 Å². The van der Waals surface area contributed by atoms with E-state index in [1.54, 1.807) is 10.7 Å². The van der Waals surface area contributed by atoms with Crippen molar-refractivity contribution < 1.29 is 0 Å². The number of nitrogens with zero attached hydrogens (tertiary/aromatic N) is 5. The van der Waals surface area contributed by atoms with Crippen molar-refractivity contribution in [2.75, 3.05) is 5.73 Å². The summed E-state index contributed by atoms with van der Waals surface area (Å²) < 4.78 is 3.86. The van der Waals surface area contributed by atoms with Gasteiger partial charge in [-0.3, -0.25) is 4.68 Å². The van der Waals surface area contributed by atoms with E-state index < -0.39 is 0 Å². The van der Waals surface area contributed by atoms with E-state index in [9.17, 15) is 0 Å². The van der Waals surface area contributed by atoms with Gasteiger partial charge in [0.1, 0.15) is 11.6 Å². The van der Waals surface area contributed by atoms with Crippen molar-refractivity contribution >= 4 is 16.9 Å². The smallest absolute Gasteiger partial charge is 0.145 e. The number of nitrogen functional groups attached to an aromatic ring is 1. The Kier molecular flexibility index (Phi) is 3.09. The number of benzene rings is 1. The molecule has 0 spiro atoms. The van der Waals surface area contributed by atoms with Gasteiger partial charge in [-0.15, -0.1) is 0 Å². The van der Waals surface area contributed by atoms with E-state index in [0.29, 0.717) is 25.3 Å². The molecule has 2 heterocycles. The van der Waals surface area contributed by atoms with Crippen LogP contribution in [0.4, 0.5) is 5.82 Å². The van der Waals surface area contributed by atoms with Gasteiger partial charge in [-0.25, -0.2) is 4.98 Å². The van der Waals surface area contributed by atoms with Gasteiger partial charge in [-0.1, -0.05) is 12.1 Å². The van der Waals surface area contributed by atoms with Crippen LogP contribution >= 0.6 is 0 Å². The van der Waals surface area contributed by atoms with E-state index in [-0.39, 0.29) is 0 Å². The molecule has 0 saturated heterocycles. The monoisotopic (exact) mass is 266 g/mol. The Morgan fingerprint density at radius 2 is 2.05 bits per heavy atom. The number of nitriles is 1. The normalized spacial score (nSPS) is 10.8. The zero-order valence-electron chi connectivity index (χ0n) is 10.9. The molecule has 0 aliphatic heterocycles. The van der Waals surface area contributed by atoms with Gasteiger partial charge in [0.15, 0.2) is 0 Å². The van der Waals surface area contributed by atoms with Gasteiger partial charge in [0.2, 0.25) is 0 Å². The number of imidazole rings is 1. The average molecular weight is 266 g/mol. The van der Waals surface area contributed by atoms with Gasteiger partial charge in [0.25, 0.3) is 0 Å². The Morgan fingerprint density at radius 1 is 1.20 bits per heavy atom. The van der Waals surface area contributed by atoms with E-state index in [1.165, 1.54) is 0 Å². The number of aromatic nitrogens is 4. The first-order chi connectivity index (χ1) is 9.78. The summed E-state index contributed by atoms with van der Waals surface area (Å²) in [5, 5.41) is 13.1. The number of para-hydroxylation sites is 2. The first-order valence-electron chi connectivity index (χ1n) is 6.38. The lowest BCUT2D eigenvalue weighted by Gasteiger charge is -2.07. The summed E-state index contributed by atoms with van der Waals surface area (Å²) in [6.07, 6.45) is 2.15. The van der Waals surface area contributed by atoms with Crippen LogP contribution in [0.15, 0.2) is 36.5 Å². The molecule has 20 heavy (non-hydrogen) atoms. The van der Waals surface area contributed by atoms with Crippen molar-refractivity contribution in [2.45, 2.75) is 19.5 Å². The fourth-order valence-corrected chi connectivity index (χ4v) is 2.28. The molecule has 0 radical (unpaired) electrons. The standard InChI is InChI=1S/C14H14N6/c15-7-5-14-17-11-3-1-2-4-12(11)20(14)10-9-19-8-6-13(16)18-19/h1-4,6,8H,5,9-10H2,(H2,16,18). The molecule has 0 amide bonds. The molecule has 1 aromatic carbocycles. The van der Waals surface area contributed by atoms with Crippen LogP contribution in [-0.2, 0) is 19.5 Å². The van der Waals surface area contributed by atoms with Crippen molar-refractivity contribution in [1.82, 2.24) is 19.3 Å². The van der Waals surface area contributed by atoms with E-state index in [0.717, 1.165) is 16.9 Å². The van der Waals surface area contributed by atoms with Crippen LogP contribution in [0.1, 0.15) is 5.82 Å². The highest BCUT2D eigenvalue weighted by Gasteiger charge is 2.09. The first kappa shape index (κ1) is 12.2. The minimum absolute atomic E-state index is 0.302. The molecule has 0 aliphatic carbocycles. The molecule has 0 saturated carbocycles. The highest BCUT2D eigenvalue weighted by molar-refractivity contribution is 5.75. The fourth-order valence-electron chi connectivity index (χ4n) is 2.28. The molecule has 0 bridgehead atoms. The predicted octanol–water partition coefficient (Wildman–Crippen LogP) is 1.58. The summed E-state index contributed by atoms with van der Waals surface area (Å²) in [6, 6.07) is 11.8. The zero-order valence-corrected chi connectivity index (χ0v) is 10.9. The molecule has 3 aromatic rings. The SMILES string of the molecule is N#CCc1nc2ccccc2n1CCn1ccc(N)n1. The third-order valence-corrected chi connectivity index (χ3v) is 3.18. The van der Waals surface area contributed by atoms with Crippen LogP contribution in [0.3, 0.4) is 0 Å². The van der Waals surface area contributed by atoms with Gasteiger partial charge >= 0.3 is 0 Å². The highest BCUT2D eigenvalue weighted by Crippen LogP contribution is 2.16. The molecule has 6 heteroatoms. The summed E-state index contributed by atoms with van der Waals surface area (Å²) >= 11 is 0. The number of rotatable bonds is 4. The second kappa shape index (κ2) is 5.05. The van der Waals surface area contributed by atoms with Crippen LogP contribution in [0, 0.1) is 11.3 Å². The molecule has 0 fully saturated rings. The van der Waals surface area contributed by atoms with Crippen LogP contribution in [0.5, 0.6) is 0 Å². The molecule has 2 aromatic heterocycles. The van der Waals surface area contributed by atoms with Gasteiger partial charge < -0.3 is 10.3 Å². The number of hydrogen-bond acceptors (Lipinski definition) is 4. The van der Waals surface area contributed by atoms with Crippen LogP contribution in [-0.4, -0.2) is 19.3 Å². The Hall–Kier alpha value is -2.81. The van der Waals surface area contributed by atoms with Crippen molar-refractivity contribution in [1.29, 1.82) is 5.26 Å². The quantitative estimate of drug-likeness (QED) is 0.776. The number of aryl methyl sites for hydroxylation is 2. The molecule has 3 rings (SSSR count). The highest BCUT2D eigenvalue weighted by atomic mass is 15.3. The first-order valence-corrected chi connectivity index (χ1v) is 6.38. The maximum absolute atomic E-state index is 8.92. The summed E-state index contributed by atoms with van der Waals surface area (Å²) in [4.78, 5) is 4.51. The zero-order chi connectivity index (χ0) is 13.9. The largest absolute Gasteiger partial charge is 0.382 e. The van der Waals surface area contributed by atoms with Gasteiger partial charge in [-0.05, 0) is 18.2 Å². The minimum atomic E-state index is 0.302. The number of nitrogens with two attached hydrogens (primary N) is 1. The predicted molar refractivity (Wildman–Crippen MR) is 75.7 cm³/mol. The Balaban J connectivity index is 1.92. The van der Waals surface area contributed by atoms with Crippen molar-refractivity contribution in [3.8, 4) is 6.07 Å². The second-order valence-corrected chi connectivity index (χ2v) is 4.51. The Morgan fingerprint density at radius 3 is 2.80 bits per heavy atom. The van der Waals surface area contributed by atoms with E-state index in [4.69, 9.17) is 11.0 Å². The second-order valence-electron chi connectivity index (χ2n) is 4.51. The summed E-state index contributed by atoms with van der Waals surface area (Å²) in [5.74, 6) is 1.30. The number of hydrogen-bond donors (Lipinski definition) is 1. The average Bonchev–Trinajstić information content (AvgIpc) is 3.00. The molecular formula is C14H14N6. The topological polar surface area (TPSA) is 85.5 Å². The van der Waals surface area contributed by atoms with E-state index in [2.05, 4.69) is 20.7 Å². The van der Waals surface area contributed by atoms with E-state index in [1.807, 2.05) is 30.5 Å². The van der Waals surface area contributed by atoms with Crippen LogP contribution < -0.4 is 5.73 Å². The molecule has 100 valence electrons. The minimum Gasteiger partial charge on any atom is -0.382 e. The van der Waals surface area contributed by atoms with Crippen LogP contribution in [0.25, 0.3) is 11.0 Å². The molecule has 0 aliphatic rings. The molecular weight excluding hydrogens is 252 g/mol. The van der Waals surface area contributed by atoms with Crippen molar-refractivity contribution in [3.63, 3.8) is 0 Å². The lowest BCUT2D eigenvalue weighted by molar-refractivity contribution is 0.533. The van der Waals surface area contributed by atoms with Gasteiger partial charge in [0, 0.05) is 12.7 Å². The molecule has 6 nitrogen and oxygen atoms in total. The lowest BCUT2D eigenvalue weighted by Crippen LogP contribution is -2.10. The summed E-state index contributed by atoms with van der Waals surface area (Å²) in [5.41, 5.74) is 7.56. The van der Waals surface area contributed by atoms with Gasteiger partial charge in [0.05, 0.1) is 30.1 Å². The van der Waals surface area contributed by atoms with Crippen LogP contribution in [0.2, 0.25) is 0 Å². The van der Waals surface area contributed by atoms with Crippen molar-refractivity contribution in [3.05, 3.63) is 42.4 Å². The third-order valence-electron chi connectivity index (χ3n) is 3.18. The summed E-state index contributed by atoms with van der Waals surface area (Å²) in [6.45, 7) is 1.40. The number of anilines is 1. The maximum Gasteiger partial charge on any atom is 0.145 e. The lowest BCUT2D eigenvalue weighted by atomic mass is 10.3. The summed E-state index contributed by atoms with van der Waals surface area (Å²) in [7, 11) is 0. The third kappa shape index (κ3) is 2.21. The fraction of sp³-hybridized carbons (Fsp3) is 0.214.